The van der Waals surface area contributed by atoms with Crippen LogP contribution >= 0.6 is 0 Å². The highest BCUT2D eigenvalue weighted by Gasteiger charge is 2.20. The fraction of sp³-hybridized carbons (Fsp3) is 0.308. The van der Waals surface area contributed by atoms with Gasteiger partial charge in [-0.3, -0.25) is 4.79 Å². The Morgan fingerprint density at radius 1 is 0.943 bits per heavy atom. The fourth-order valence-electron chi connectivity index (χ4n) is 3.66. The van der Waals surface area contributed by atoms with Gasteiger partial charge in [0.1, 0.15) is 5.75 Å². The van der Waals surface area contributed by atoms with E-state index in [1.807, 2.05) is 20.8 Å². The van der Waals surface area contributed by atoms with E-state index in [0.29, 0.717) is 28.4 Å². The number of aromatic nitrogens is 1. The third-order valence-corrected chi connectivity index (χ3v) is 5.15. The zero-order valence-electron chi connectivity index (χ0n) is 20.1. The molecule has 0 saturated carbocycles. The maximum Gasteiger partial charge on any atom is 0.387 e. The number of halogens is 2. The first-order valence-electron chi connectivity index (χ1n) is 10.9. The molecule has 3 rings (SSSR count). The first kappa shape index (κ1) is 25.7. The van der Waals surface area contributed by atoms with Gasteiger partial charge < -0.3 is 23.5 Å². The van der Waals surface area contributed by atoms with E-state index in [1.165, 1.54) is 25.3 Å². The maximum absolute atomic E-state index is 12.8. The summed E-state index contributed by atoms with van der Waals surface area (Å²) in [5.74, 6) is -0.127. The molecule has 0 aliphatic carbocycles. The van der Waals surface area contributed by atoms with Gasteiger partial charge in [-0.2, -0.15) is 8.78 Å². The van der Waals surface area contributed by atoms with Crippen LogP contribution in [-0.2, 0) is 4.74 Å². The van der Waals surface area contributed by atoms with Crippen LogP contribution in [0.4, 0.5) is 8.78 Å². The molecule has 2 aromatic carbocycles. The first-order chi connectivity index (χ1) is 16.6. The van der Waals surface area contributed by atoms with E-state index in [2.05, 4.69) is 4.74 Å². The lowest BCUT2D eigenvalue weighted by molar-refractivity contribution is -0.0498. The van der Waals surface area contributed by atoms with Crippen LogP contribution in [0.5, 0.6) is 17.2 Å². The van der Waals surface area contributed by atoms with Gasteiger partial charge >= 0.3 is 12.6 Å². The number of aryl methyl sites for hydroxylation is 1. The first-order valence-corrected chi connectivity index (χ1v) is 10.9. The minimum Gasteiger partial charge on any atom is -0.493 e. The SMILES string of the molecule is COc1cc(C(=O)OCC(=O)c2cc(C)n(-c3ccc(OC(F)F)cc3)c2C)ccc1OC(C)C. The summed E-state index contributed by atoms with van der Waals surface area (Å²) in [7, 11) is 1.47. The molecule has 0 unspecified atom stereocenters. The van der Waals surface area contributed by atoms with Gasteiger partial charge in [0.25, 0.3) is 0 Å². The summed E-state index contributed by atoms with van der Waals surface area (Å²) in [6, 6.07) is 12.4. The van der Waals surface area contributed by atoms with Crippen molar-refractivity contribution in [3.05, 3.63) is 71.0 Å². The topological polar surface area (TPSA) is 76.0 Å². The van der Waals surface area contributed by atoms with Gasteiger partial charge in [-0.05, 0) is 76.2 Å². The molecule has 0 amide bonds. The Morgan fingerprint density at radius 2 is 1.63 bits per heavy atom. The van der Waals surface area contributed by atoms with Crippen LogP contribution in [0.3, 0.4) is 0 Å². The lowest BCUT2D eigenvalue weighted by Crippen LogP contribution is -2.15. The molecular formula is C26H27F2NO6. The van der Waals surface area contributed by atoms with Crippen LogP contribution in [-0.4, -0.2) is 42.8 Å². The second-order valence-corrected chi connectivity index (χ2v) is 8.02. The largest absolute Gasteiger partial charge is 0.493 e. The average Bonchev–Trinajstić information content (AvgIpc) is 3.11. The van der Waals surface area contributed by atoms with Gasteiger partial charge in [-0.25, -0.2) is 4.79 Å². The molecule has 0 fully saturated rings. The molecule has 0 N–H and O–H groups in total. The maximum atomic E-state index is 12.8. The number of benzene rings is 2. The quantitative estimate of drug-likeness (QED) is 0.276. The van der Waals surface area contributed by atoms with Crippen molar-refractivity contribution in [1.29, 1.82) is 0 Å². The van der Waals surface area contributed by atoms with Crippen molar-refractivity contribution < 1.29 is 37.3 Å². The second kappa shape index (κ2) is 11.0. The van der Waals surface area contributed by atoms with Crippen molar-refractivity contribution >= 4 is 11.8 Å². The van der Waals surface area contributed by atoms with Crippen molar-refractivity contribution in [1.82, 2.24) is 4.57 Å². The molecule has 35 heavy (non-hydrogen) atoms. The van der Waals surface area contributed by atoms with Crippen LogP contribution < -0.4 is 14.2 Å². The molecular weight excluding hydrogens is 460 g/mol. The number of Topliss-reactive ketones (excluding diaryl/α,β-unsaturated/α-hetero) is 1. The van der Waals surface area contributed by atoms with E-state index in [1.54, 1.807) is 41.8 Å². The van der Waals surface area contributed by atoms with Crippen molar-refractivity contribution in [3.63, 3.8) is 0 Å². The van der Waals surface area contributed by atoms with Gasteiger partial charge in [-0.1, -0.05) is 0 Å². The predicted octanol–water partition coefficient (Wildman–Crippen LogP) is 5.53. The number of carbonyl (C=O) groups excluding carboxylic acids is 2. The molecule has 0 saturated heterocycles. The molecule has 0 aliphatic heterocycles. The molecule has 0 bridgehead atoms. The van der Waals surface area contributed by atoms with Gasteiger partial charge in [-0.15, -0.1) is 0 Å². The highest BCUT2D eigenvalue weighted by molar-refractivity contribution is 6.00. The third kappa shape index (κ3) is 6.17. The third-order valence-electron chi connectivity index (χ3n) is 5.15. The minimum atomic E-state index is -2.91. The molecule has 1 aromatic heterocycles. The van der Waals surface area contributed by atoms with Crippen LogP contribution in [0.1, 0.15) is 46.0 Å². The smallest absolute Gasteiger partial charge is 0.387 e. The van der Waals surface area contributed by atoms with Gasteiger partial charge in [0, 0.05) is 22.6 Å². The van der Waals surface area contributed by atoms with Crippen molar-refractivity contribution in [3.8, 4) is 22.9 Å². The molecule has 3 aromatic rings. The minimum absolute atomic E-state index is 0.0369. The Bertz CT molecular complexity index is 1200. The number of ketones is 1. The number of methoxy groups -OCH3 is 1. The molecule has 186 valence electrons. The van der Waals surface area contributed by atoms with E-state index in [-0.39, 0.29) is 23.2 Å². The van der Waals surface area contributed by atoms with Crippen LogP contribution in [0, 0.1) is 13.8 Å². The summed E-state index contributed by atoms with van der Waals surface area (Å²) < 4.78 is 47.1. The Morgan fingerprint density at radius 3 is 2.23 bits per heavy atom. The number of hydrogen-bond acceptors (Lipinski definition) is 6. The number of hydrogen-bond donors (Lipinski definition) is 0. The molecule has 0 radical (unpaired) electrons. The molecule has 0 atom stereocenters. The van der Waals surface area contributed by atoms with E-state index in [4.69, 9.17) is 14.2 Å². The number of rotatable bonds is 10. The lowest BCUT2D eigenvalue weighted by Gasteiger charge is -2.14. The van der Waals surface area contributed by atoms with Gasteiger partial charge in [0.15, 0.2) is 18.1 Å². The Balaban J connectivity index is 1.71. The fourth-order valence-corrected chi connectivity index (χ4v) is 3.66. The summed E-state index contributed by atoms with van der Waals surface area (Å²) in [5, 5.41) is 0. The lowest BCUT2D eigenvalue weighted by atomic mass is 10.1. The molecule has 9 heteroatoms. The number of carbonyl (C=O) groups is 2. The van der Waals surface area contributed by atoms with Crippen LogP contribution in [0.25, 0.3) is 5.69 Å². The number of ether oxygens (including phenoxy) is 4. The monoisotopic (exact) mass is 487 g/mol. The zero-order chi connectivity index (χ0) is 25.7. The molecule has 7 nitrogen and oxygen atoms in total. The number of alkyl halides is 2. The van der Waals surface area contributed by atoms with E-state index >= 15 is 0 Å². The summed E-state index contributed by atoms with van der Waals surface area (Å²) >= 11 is 0. The highest BCUT2D eigenvalue weighted by atomic mass is 19.3. The zero-order valence-corrected chi connectivity index (χ0v) is 20.1. The summed E-state index contributed by atoms with van der Waals surface area (Å²) in [6.45, 7) is 3.96. The van der Waals surface area contributed by atoms with Crippen molar-refractivity contribution in [2.24, 2.45) is 0 Å². The number of nitrogens with zero attached hydrogens (tertiary/aromatic N) is 1. The van der Waals surface area contributed by atoms with Crippen LogP contribution in [0.15, 0.2) is 48.5 Å². The summed E-state index contributed by atoms with van der Waals surface area (Å²) in [5.41, 5.74) is 2.67. The Hall–Kier alpha value is -3.88. The van der Waals surface area contributed by atoms with Crippen molar-refractivity contribution in [2.45, 2.75) is 40.4 Å². The highest BCUT2D eigenvalue weighted by Crippen LogP contribution is 2.29. The summed E-state index contributed by atoms with van der Waals surface area (Å²) in [4.78, 5) is 25.4. The molecule has 1 heterocycles. The van der Waals surface area contributed by atoms with Gasteiger partial charge in [0.2, 0.25) is 5.78 Å². The van der Waals surface area contributed by atoms with Crippen LogP contribution in [0.2, 0.25) is 0 Å². The average molecular weight is 487 g/mol. The van der Waals surface area contributed by atoms with E-state index < -0.39 is 19.2 Å². The van der Waals surface area contributed by atoms with E-state index in [9.17, 15) is 18.4 Å². The Kier molecular flexibility index (Phi) is 8.11. The van der Waals surface area contributed by atoms with Gasteiger partial charge in [0.05, 0.1) is 18.8 Å². The summed E-state index contributed by atoms with van der Waals surface area (Å²) in [6.07, 6.45) is -0.0674. The molecule has 0 spiro atoms. The Labute approximate surface area is 202 Å². The second-order valence-electron chi connectivity index (χ2n) is 8.02. The standard InChI is InChI=1S/C26H27F2NO6/c1-15(2)34-23-11-6-18(13-24(23)32-5)25(31)33-14-22(30)21-12-16(3)29(17(21)4)19-7-9-20(10-8-19)35-26(27)28/h6-13,15,26H,14H2,1-5H3. The van der Waals surface area contributed by atoms with Crippen molar-refractivity contribution in [2.75, 3.05) is 13.7 Å². The molecule has 0 aliphatic rings. The predicted molar refractivity (Wildman–Crippen MR) is 125 cm³/mol. The van der Waals surface area contributed by atoms with E-state index in [0.717, 1.165) is 5.69 Å². The number of esters is 1. The normalized spacial score (nSPS) is 11.0.